The standard InChI is InChI=1S/C23H26O4/c1-23(2)18-10-12-19(16-7-5-4-6-8-16)26-22(18)17-13-15(14-21(24)25-3)9-11-20(17)27-23/h4-9,11,13,18-19,22H,10,12,14H2,1-3H3/t18-,19+,22+/m0/s1. The first-order valence-corrected chi connectivity index (χ1v) is 9.57. The summed E-state index contributed by atoms with van der Waals surface area (Å²) in [5.74, 6) is 0.886. The summed E-state index contributed by atoms with van der Waals surface area (Å²) < 4.78 is 17.8. The van der Waals surface area contributed by atoms with E-state index in [-0.39, 0.29) is 36.1 Å². The van der Waals surface area contributed by atoms with Gasteiger partial charge in [0.05, 0.1) is 25.7 Å². The summed E-state index contributed by atoms with van der Waals surface area (Å²) in [6.07, 6.45) is 2.32. The largest absolute Gasteiger partial charge is 0.487 e. The molecule has 4 nitrogen and oxygen atoms in total. The van der Waals surface area contributed by atoms with Crippen molar-refractivity contribution in [1.29, 1.82) is 0 Å². The van der Waals surface area contributed by atoms with E-state index in [2.05, 4.69) is 38.1 Å². The lowest BCUT2D eigenvalue weighted by Gasteiger charge is -2.49. The SMILES string of the molecule is COC(=O)Cc1ccc2c(c1)[C@H]1O[C@@H](c3ccccc3)CC[C@@H]1C(C)(C)O2. The van der Waals surface area contributed by atoms with Crippen LogP contribution in [0.1, 0.15) is 55.6 Å². The Kier molecular flexibility index (Phi) is 4.68. The molecule has 2 heterocycles. The maximum Gasteiger partial charge on any atom is 0.309 e. The van der Waals surface area contributed by atoms with Gasteiger partial charge in [-0.25, -0.2) is 0 Å². The molecule has 0 spiro atoms. The van der Waals surface area contributed by atoms with E-state index in [0.29, 0.717) is 0 Å². The Hall–Kier alpha value is -2.33. The number of esters is 1. The number of hydrogen-bond donors (Lipinski definition) is 0. The summed E-state index contributed by atoms with van der Waals surface area (Å²) in [6.45, 7) is 4.28. The molecule has 1 fully saturated rings. The van der Waals surface area contributed by atoms with E-state index in [0.717, 1.165) is 29.7 Å². The van der Waals surface area contributed by atoms with E-state index in [9.17, 15) is 4.79 Å². The summed E-state index contributed by atoms with van der Waals surface area (Å²) in [4.78, 5) is 11.7. The molecule has 142 valence electrons. The number of carbonyl (C=O) groups is 1. The molecular formula is C23H26O4. The Morgan fingerprint density at radius 2 is 1.93 bits per heavy atom. The fourth-order valence-corrected chi connectivity index (χ4v) is 4.36. The molecule has 27 heavy (non-hydrogen) atoms. The van der Waals surface area contributed by atoms with Crippen molar-refractivity contribution in [1.82, 2.24) is 0 Å². The molecule has 3 atom stereocenters. The number of benzene rings is 2. The number of ether oxygens (including phenoxy) is 3. The van der Waals surface area contributed by atoms with Gasteiger partial charge in [0.15, 0.2) is 0 Å². The van der Waals surface area contributed by atoms with Crippen LogP contribution in [-0.4, -0.2) is 18.7 Å². The minimum Gasteiger partial charge on any atom is -0.487 e. The van der Waals surface area contributed by atoms with Crippen molar-refractivity contribution in [3.63, 3.8) is 0 Å². The van der Waals surface area contributed by atoms with Crippen molar-refractivity contribution >= 4 is 5.97 Å². The van der Waals surface area contributed by atoms with Crippen LogP contribution in [0, 0.1) is 5.92 Å². The Morgan fingerprint density at radius 1 is 1.15 bits per heavy atom. The third-order valence-corrected chi connectivity index (χ3v) is 5.81. The first kappa shape index (κ1) is 18.1. The van der Waals surface area contributed by atoms with E-state index < -0.39 is 0 Å². The van der Waals surface area contributed by atoms with Crippen LogP contribution in [0.2, 0.25) is 0 Å². The quantitative estimate of drug-likeness (QED) is 0.733. The van der Waals surface area contributed by atoms with Gasteiger partial charge in [0.1, 0.15) is 11.4 Å². The molecule has 2 aromatic carbocycles. The van der Waals surface area contributed by atoms with E-state index in [4.69, 9.17) is 14.2 Å². The molecule has 4 heteroatoms. The van der Waals surface area contributed by atoms with Crippen molar-refractivity contribution in [2.45, 2.75) is 50.9 Å². The van der Waals surface area contributed by atoms with Gasteiger partial charge < -0.3 is 14.2 Å². The van der Waals surface area contributed by atoms with Gasteiger partial charge in [-0.2, -0.15) is 0 Å². The number of carbonyl (C=O) groups excluding carboxylic acids is 1. The molecule has 0 aliphatic carbocycles. The van der Waals surface area contributed by atoms with E-state index in [1.165, 1.54) is 12.7 Å². The van der Waals surface area contributed by atoms with Crippen molar-refractivity contribution in [2.24, 2.45) is 5.92 Å². The normalized spacial score (nSPS) is 25.7. The lowest BCUT2D eigenvalue weighted by Crippen LogP contribution is -2.47. The molecule has 0 saturated carbocycles. The zero-order valence-electron chi connectivity index (χ0n) is 16.1. The molecule has 2 aliphatic heterocycles. The van der Waals surface area contributed by atoms with Crippen molar-refractivity contribution in [3.8, 4) is 5.75 Å². The van der Waals surface area contributed by atoms with Crippen molar-refractivity contribution in [3.05, 3.63) is 65.2 Å². The number of methoxy groups -OCH3 is 1. The fraction of sp³-hybridized carbons (Fsp3) is 0.435. The lowest BCUT2D eigenvalue weighted by atomic mass is 9.74. The summed E-state index contributed by atoms with van der Waals surface area (Å²) in [7, 11) is 1.41. The van der Waals surface area contributed by atoms with Gasteiger partial charge in [-0.3, -0.25) is 4.79 Å². The van der Waals surface area contributed by atoms with Gasteiger partial charge in [0.2, 0.25) is 0 Å². The second-order valence-electron chi connectivity index (χ2n) is 7.97. The Labute approximate surface area is 160 Å². The first-order valence-electron chi connectivity index (χ1n) is 9.57. The smallest absolute Gasteiger partial charge is 0.309 e. The molecule has 4 rings (SSSR count). The van der Waals surface area contributed by atoms with Gasteiger partial charge in [-0.05, 0) is 49.9 Å². The minimum absolute atomic E-state index is 0.0414. The third-order valence-electron chi connectivity index (χ3n) is 5.81. The highest BCUT2D eigenvalue weighted by Gasteiger charge is 2.47. The molecule has 1 saturated heterocycles. The van der Waals surface area contributed by atoms with Crippen LogP contribution in [0.5, 0.6) is 5.75 Å². The summed E-state index contributed by atoms with van der Waals surface area (Å²) in [5, 5.41) is 0. The molecule has 0 N–H and O–H groups in total. The Balaban J connectivity index is 1.68. The fourth-order valence-electron chi connectivity index (χ4n) is 4.36. The van der Waals surface area contributed by atoms with Crippen LogP contribution in [0.15, 0.2) is 48.5 Å². The first-order chi connectivity index (χ1) is 13.0. The average molecular weight is 366 g/mol. The van der Waals surface area contributed by atoms with Gasteiger partial charge in [0.25, 0.3) is 0 Å². The summed E-state index contributed by atoms with van der Waals surface area (Å²) >= 11 is 0. The summed E-state index contributed by atoms with van der Waals surface area (Å²) in [5.41, 5.74) is 2.89. The number of fused-ring (bicyclic) bond motifs is 3. The Bertz CT molecular complexity index is 828. The topological polar surface area (TPSA) is 44.8 Å². The second kappa shape index (κ2) is 7.01. The molecule has 0 bridgehead atoms. The van der Waals surface area contributed by atoms with E-state index >= 15 is 0 Å². The predicted molar refractivity (Wildman–Crippen MR) is 103 cm³/mol. The molecule has 0 unspecified atom stereocenters. The Morgan fingerprint density at radius 3 is 2.67 bits per heavy atom. The van der Waals surface area contributed by atoms with Gasteiger partial charge in [-0.15, -0.1) is 0 Å². The minimum atomic E-state index is -0.289. The number of rotatable bonds is 3. The third kappa shape index (κ3) is 3.46. The highest BCUT2D eigenvalue weighted by Crippen LogP contribution is 2.53. The van der Waals surface area contributed by atoms with Crippen LogP contribution in [0.25, 0.3) is 0 Å². The lowest BCUT2D eigenvalue weighted by molar-refractivity contribution is -0.151. The molecule has 2 aromatic rings. The van der Waals surface area contributed by atoms with Crippen LogP contribution in [0.3, 0.4) is 0 Å². The molecular weight excluding hydrogens is 340 g/mol. The second-order valence-corrected chi connectivity index (χ2v) is 7.97. The molecule has 2 aliphatic rings. The summed E-state index contributed by atoms with van der Waals surface area (Å²) in [6, 6.07) is 16.3. The van der Waals surface area contributed by atoms with Crippen LogP contribution >= 0.6 is 0 Å². The van der Waals surface area contributed by atoms with Gasteiger partial charge >= 0.3 is 5.97 Å². The molecule has 0 aromatic heterocycles. The van der Waals surface area contributed by atoms with Gasteiger partial charge in [0, 0.05) is 11.5 Å². The highest BCUT2D eigenvalue weighted by atomic mass is 16.5. The zero-order valence-corrected chi connectivity index (χ0v) is 16.1. The monoisotopic (exact) mass is 366 g/mol. The van der Waals surface area contributed by atoms with Crippen LogP contribution in [0.4, 0.5) is 0 Å². The highest BCUT2D eigenvalue weighted by molar-refractivity contribution is 5.72. The molecule has 0 amide bonds. The van der Waals surface area contributed by atoms with Crippen molar-refractivity contribution in [2.75, 3.05) is 7.11 Å². The van der Waals surface area contributed by atoms with Crippen LogP contribution < -0.4 is 4.74 Å². The zero-order chi connectivity index (χ0) is 19.0. The average Bonchev–Trinajstić information content (AvgIpc) is 2.68. The van der Waals surface area contributed by atoms with Gasteiger partial charge in [-0.1, -0.05) is 36.4 Å². The maximum atomic E-state index is 11.7. The molecule has 0 radical (unpaired) electrons. The van der Waals surface area contributed by atoms with E-state index in [1.807, 2.05) is 24.3 Å². The van der Waals surface area contributed by atoms with Crippen LogP contribution in [-0.2, 0) is 20.7 Å². The predicted octanol–water partition coefficient (Wildman–Crippen LogP) is 4.78. The maximum absolute atomic E-state index is 11.7. The van der Waals surface area contributed by atoms with E-state index in [1.54, 1.807) is 0 Å². The number of hydrogen-bond acceptors (Lipinski definition) is 4. The van der Waals surface area contributed by atoms with Crippen molar-refractivity contribution < 1.29 is 19.0 Å².